The third-order valence-corrected chi connectivity index (χ3v) is 4.45. The predicted molar refractivity (Wildman–Crippen MR) is 98.6 cm³/mol. The molecular weight excluding hydrogens is 386 g/mol. The summed E-state index contributed by atoms with van der Waals surface area (Å²) in [6.45, 7) is 0.489. The number of hydrogen-bond donors (Lipinski definition) is 2. The third-order valence-electron chi connectivity index (χ3n) is 3.96. The Kier molecular flexibility index (Phi) is 4.42. The molecule has 0 aliphatic carbocycles. The summed E-state index contributed by atoms with van der Waals surface area (Å²) >= 11 is 3.47. The minimum Gasteiger partial charge on any atom is -0.486 e. The Balaban J connectivity index is 1.72. The molecule has 3 aromatic rings. The fraction of sp³-hybridized carbons (Fsp3) is 0.222. The summed E-state index contributed by atoms with van der Waals surface area (Å²) in [6.07, 6.45) is 1.90. The van der Waals surface area contributed by atoms with Crippen LogP contribution < -0.4 is 14.8 Å². The summed E-state index contributed by atoms with van der Waals surface area (Å²) in [4.78, 5) is 8.69. The summed E-state index contributed by atoms with van der Waals surface area (Å²) in [7, 11) is 0. The highest BCUT2D eigenvalue weighted by atomic mass is 79.9. The van der Waals surface area contributed by atoms with Gasteiger partial charge in [0, 0.05) is 34.6 Å². The first-order valence-corrected chi connectivity index (χ1v) is 8.74. The van der Waals surface area contributed by atoms with Crippen LogP contribution in [0.25, 0.3) is 10.9 Å². The lowest BCUT2D eigenvalue weighted by atomic mass is 10.1. The number of ether oxygens (including phenoxy) is 2. The average Bonchev–Trinajstić information content (AvgIpc) is 2.61. The van der Waals surface area contributed by atoms with Gasteiger partial charge in [-0.1, -0.05) is 22.0 Å². The number of anilines is 2. The molecule has 0 saturated carbocycles. The number of aliphatic hydroxyl groups is 1. The summed E-state index contributed by atoms with van der Waals surface area (Å²) in [5, 5.41) is 13.3. The normalized spacial score (nSPS) is 16.0. The van der Waals surface area contributed by atoms with E-state index < -0.39 is 0 Å². The van der Waals surface area contributed by atoms with Gasteiger partial charge in [-0.3, -0.25) is 0 Å². The summed E-state index contributed by atoms with van der Waals surface area (Å²) in [6, 6.07) is 11.6. The highest BCUT2D eigenvalue weighted by molar-refractivity contribution is 9.10. The maximum absolute atomic E-state index is 9.10. The standard InChI is InChI=1S/C18H16BrN3O3/c19-11-2-1-3-12(6-11)22-18-14-7-17-16(8-15(14)20-10-21-18)24-9-13(25-17)4-5-23/h1-3,6-8,10,13,23H,4-5,9H2,(H,20,21,22). The van der Waals surface area contributed by atoms with Gasteiger partial charge in [-0.25, -0.2) is 9.97 Å². The quantitative estimate of drug-likeness (QED) is 0.694. The summed E-state index contributed by atoms with van der Waals surface area (Å²) in [5.41, 5.74) is 1.69. The average molecular weight is 402 g/mol. The zero-order valence-corrected chi connectivity index (χ0v) is 14.9. The van der Waals surface area contributed by atoms with Crippen molar-refractivity contribution < 1.29 is 14.6 Å². The van der Waals surface area contributed by atoms with Crippen molar-refractivity contribution in [2.75, 3.05) is 18.5 Å². The van der Waals surface area contributed by atoms with Crippen molar-refractivity contribution in [1.29, 1.82) is 0 Å². The zero-order chi connectivity index (χ0) is 17.2. The lowest BCUT2D eigenvalue weighted by Gasteiger charge is -2.26. The van der Waals surface area contributed by atoms with Gasteiger partial charge in [0.25, 0.3) is 0 Å². The number of aromatic nitrogens is 2. The molecular formula is C18H16BrN3O3. The number of aliphatic hydroxyl groups excluding tert-OH is 1. The van der Waals surface area contributed by atoms with Crippen LogP contribution >= 0.6 is 15.9 Å². The molecule has 0 saturated heterocycles. The number of nitrogens with zero attached hydrogens (tertiary/aromatic N) is 2. The molecule has 1 atom stereocenters. The van der Waals surface area contributed by atoms with Crippen LogP contribution in [0.2, 0.25) is 0 Å². The maximum atomic E-state index is 9.10. The Bertz CT molecular complexity index is 919. The van der Waals surface area contributed by atoms with Gasteiger partial charge in [0.1, 0.15) is 24.9 Å². The van der Waals surface area contributed by atoms with Gasteiger partial charge in [-0.2, -0.15) is 0 Å². The highest BCUT2D eigenvalue weighted by Crippen LogP contribution is 2.38. The van der Waals surface area contributed by atoms with Crippen LogP contribution in [0.3, 0.4) is 0 Å². The van der Waals surface area contributed by atoms with Gasteiger partial charge in [-0.15, -0.1) is 0 Å². The van der Waals surface area contributed by atoms with Crippen molar-refractivity contribution in [2.45, 2.75) is 12.5 Å². The molecule has 2 aromatic carbocycles. The second-order valence-corrected chi connectivity index (χ2v) is 6.65. The van der Waals surface area contributed by atoms with Gasteiger partial charge in [-0.05, 0) is 24.3 Å². The number of rotatable bonds is 4. The minimum absolute atomic E-state index is 0.0652. The second kappa shape index (κ2) is 6.85. The van der Waals surface area contributed by atoms with E-state index in [9.17, 15) is 0 Å². The van der Waals surface area contributed by atoms with Crippen molar-refractivity contribution in [3.8, 4) is 11.5 Å². The molecule has 0 fully saturated rings. The molecule has 128 valence electrons. The van der Waals surface area contributed by atoms with E-state index in [0.29, 0.717) is 30.3 Å². The second-order valence-electron chi connectivity index (χ2n) is 5.74. The summed E-state index contributed by atoms with van der Waals surface area (Å²) < 4.78 is 12.7. The van der Waals surface area contributed by atoms with E-state index in [0.717, 1.165) is 21.1 Å². The van der Waals surface area contributed by atoms with Crippen LogP contribution in [0.4, 0.5) is 11.5 Å². The van der Waals surface area contributed by atoms with E-state index in [-0.39, 0.29) is 12.7 Å². The molecule has 0 radical (unpaired) electrons. The van der Waals surface area contributed by atoms with Crippen molar-refractivity contribution in [3.63, 3.8) is 0 Å². The van der Waals surface area contributed by atoms with Gasteiger partial charge >= 0.3 is 0 Å². The summed E-state index contributed by atoms with van der Waals surface area (Å²) in [5.74, 6) is 2.00. The molecule has 1 aliphatic rings. The molecule has 1 unspecified atom stereocenters. The molecule has 25 heavy (non-hydrogen) atoms. The SMILES string of the molecule is OCCC1COc2cc3ncnc(Nc4cccc(Br)c4)c3cc2O1. The molecule has 0 amide bonds. The largest absolute Gasteiger partial charge is 0.486 e. The zero-order valence-electron chi connectivity index (χ0n) is 13.3. The van der Waals surface area contributed by atoms with Crippen molar-refractivity contribution in [1.82, 2.24) is 9.97 Å². The Labute approximate surface area is 153 Å². The third kappa shape index (κ3) is 3.38. The molecule has 1 aliphatic heterocycles. The highest BCUT2D eigenvalue weighted by Gasteiger charge is 2.22. The van der Waals surface area contributed by atoms with Crippen LogP contribution in [-0.2, 0) is 0 Å². The van der Waals surface area contributed by atoms with Crippen LogP contribution in [-0.4, -0.2) is 34.4 Å². The number of halogens is 1. The number of nitrogens with one attached hydrogen (secondary N) is 1. The molecule has 2 heterocycles. The van der Waals surface area contributed by atoms with Gasteiger partial charge in [0.15, 0.2) is 11.5 Å². The smallest absolute Gasteiger partial charge is 0.163 e. The van der Waals surface area contributed by atoms with E-state index in [1.165, 1.54) is 6.33 Å². The van der Waals surface area contributed by atoms with Crippen LogP contribution in [0.15, 0.2) is 47.2 Å². The van der Waals surface area contributed by atoms with E-state index in [1.54, 1.807) is 0 Å². The Morgan fingerprint density at radius 3 is 2.96 bits per heavy atom. The number of fused-ring (bicyclic) bond motifs is 2. The van der Waals surface area contributed by atoms with E-state index in [1.807, 2.05) is 36.4 Å². The molecule has 1 aromatic heterocycles. The fourth-order valence-electron chi connectivity index (χ4n) is 2.75. The van der Waals surface area contributed by atoms with Gasteiger partial charge in [0.2, 0.25) is 0 Å². The maximum Gasteiger partial charge on any atom is 0.163 e. The number of benzene rings is 2. The Hall–Kier alpha value is -2.38. The first-order chi connectivity index (χ1) is 12.2. The van der Waals surface area contributed by atoms with Crippen molar-refractivity contribution in [2.24, 2.45) is 0 Å². The minimum atomic E-state index is -0.152. The fourth-order valence-corrected chi connectivity index (χ4v) is 3.15. The van der Waals surface area contributed by atoms with E-state index >= 15 is 0 Å². The lowest BCUT2D eigenvalue weighted by Crippen LogP contribution is -2.29. The number of hydrogen-bond acceptors (Lipinski definition) is 6. The van der Waals surface area contributed by atoms with Crippen LogP contribution in [0.5, 0.6) is 11.5 Å². The van der Waals surface area contributed by atoms with Crippen LogP contribution in [0.1, 0.15) is 6.42 Å². The van der Waals surface area contributed by atoms with Crippen molar-refractivity contribution >= 4 is 38.3 Å². The van der Waals surface area contributed by atoms with Gasteiger partial charge < -0.3 is 19.9 Å². The van der Waals surface area contributed by atoms with Crippen LogP contribution in [0, 0.1) is 0 Å². The first-order valence-electron chi connectivity index (χ1n) is 7.94. The molecule has 0 bridgehead atoms. The lowest BCUT2D eigenvalue weighted by molar-refractivity contribution is 0.0707. The molecule has 0 spiro atoms. The molecule has 2 N–H and O–H groups in total. The van der Waals surface area contributed by atoms with E-state index in [2.05, 4.69) is 31.2 Å². The Morgan fingerprint density at radius 1 is 1.20 bits per heavy atom. The van der Waals surface area contributed by atoms with E-state index in [4.69, 9.17) is 14.6 Å². The first kappa shape index (κ1) is 16.1. The predicted octanol–water partition coefficient (Wildman–Crippen LogP) is 3.66. The Morgan fingerprint density at radius 2 is 2.12 bits per heavy atom. The van der Waals surface area contributed by atoms with Crippen molar-refractivity contribution in [3.05, 3.63) is 47.2 Å². The molecule has 6 nitrogen and oxygen atoms in total. The monoisotopic (exact) mass is 401 g/mol. The van der Waals surface area contributed by atoms with Gasteiger partial charge in [0.05, 0.1) is 5.52 Å². The molecule has 4 rings (SSSR count). The molecule has 7 heteroatoms. The topological polar surface area (TPSA) is 76.5 Å².